The summed E-state index contributed by atoms with van der Waals surface area (Å²) in [4.78, 5) is 0. The molecule has 1 aliphatic carbocycles. The van der Waals surface area contributed by atoms with Gasteiger partial charge in [-0.05, 0) is 57.1 Å². The summed E-state index contributed by atoms with van der Waals surface area (Å²) in [6.45, 7) is 8.66. The highest BCUT2D eigenvalue weighted by Crippen LogP contribution is 2.48. The molecule has 0 N–H and O–H groups in total. The van der Waals surface area contributed by atoms with Crippen molar-refractivity contribution in [1.82, 2.24) is 5.16 Å². The molecule has 2 aromatic rings. The minimum Gasteiger partial charge on any atom is -0.401 e. The van der Waals surface area contributed by atoms with Gasteiger partial charge in [-0.15, -0.1) is 0 Å². The summed E-state index contributed by atoms with van der Waals surface area (Å²) in [6, 6.07) is 8.34. The van der Waals surface area contributed by atoms with Gasteiger partial charge in [0, 0.05) is 10.0 Å². The highest BCUT2D eigenvalue weighted by Gasteiger charge is 2.48. The van der Waals surface area contributed by atoms with E-state index in [4.69, 9.17) is 8.95 Å². The highest BCUT2D eigenvalue weighted by molar-refractivity contribution is 9.10. The van der Waals surface area contributed by atoms with Crippen molar-refractivity contribution in [2.75, 3.05) is 0 Å². The Kier molecular flexibility index (Phi) is 3.62. The van der Waals surface area contributed by atoms with Crippen molar-refractivity contribution in [3.05, 3.63) is 51.3 Å². The number of benzene rings is 1. The lowest BCUT2D eigenvalue weighted by atomic mass is 9.92. The molecule has 3 rings (SSSR count). The summed E-state index contributed by atoms with van der Waals surface area (Å²) >= 11 is 3.57. The zero-order valence-corrected chi connectivity index (χ0v) is 15.5. The van der Waals surface area contributed by atoms with E-state index in [0.29, 0.717) is 0 Å². The Morgan fingerprint density at radius 1 is 1.33 bits per heavy atom. The summed E-state index contributed by atoms with van der Waals surface area (Å²) in [5.41, 5.74) is 2.87. The van der Waals surface area contributed by atoms with Crippen LogP contribution in [0.3, 0.4) is 0 Å². The number of fused-ring (bicyclic) bond motifs is 1. The number of aromatic nitrogens is 1. The van der Waals surface area contributed by atoms with E-state index >= 15 is 0 Å². The minimum absolute atomic E-state index is 0.481. The summed E-state index contributed by atoms with van der Waals surface area (Å²) in [5.74, 6) is 0.903. The number of nitrogens with zero attached hydrogens (tertiary/aromatic N) is 1. The maximum absolute atomic E-state index is 6.65. The van der Waals surface area contributed by atoms with Gasteiger partial charge in [0.2, 0.25) is 0 Å². The van der Waals surface area contributed by atoms with Gasteiger partial charge in [-0.1, -0.05) is 33.2 Å². The molecular formula is C16H20BrNO2Si. The number of halogens is 1. The molecule has 0 spiro atoms. The van der Waals surface area contributed by atoms with E-state index in [-0.39, 0.29) is 0 Å². The molecule has 3 nitrogen and oxygen atoms in total. The van der Waals surface area contributed by atoms with Gasteiger partial charge in [-0.2, -0.15) is 0 Å². The third-order valence-corrected chi connectivity index (χ3v) is 5.30. The molecule has 1 aromatic carbocycles. The number of rotatable bonds is 3. The predicted octanol–water partition coefficient (Wildman–Crippen LogP) is 4.79. The van der Waals surface area contributed by atoms with Crippen LogP contribution in [0.5, 0.6) is 0 Å². The quantitative estimate of drug-likeness (QED) is 0.733. The molecule has 1 atom stereocenters. The topological polar surface area (TPSA) is 35.3 Å². The summed E-state index contributed by atoms with van der Waals surface area (Å²) < 4.78 is 13.4. The van der Waals surface area contributed by atoms with Gasteiger partial charge in [0.05, 0.1) is 5.69 Å². The lowest BCUT2D eigenvalue weighted by molar-refractivity contribution is 0.0725. The third kappa shape index (κ3) is 2.62. The highest BCUT2D eigenvalue weighted by atomic mass is 79.9. The van der Waals surface area contributed by atoms with E-state index in [1.54, 1.807) is 0 Å². The smallest absolute Gasteiger partial charge is 0.185 e. The molecule has 0 aliphatic heterocycles. The first kappa shape index (κ1) is 15.0. The van der Waals surface area contributed by atoms with Crippen molar-refractivity contribution in [2.24, 2.45) is 0 Å². The largest absolute Gasteiger partial charge is 0.401 e. The fraction of sp³-hybridized carbons (Fsp3) is 0.438. The number of hydrogen-bond acceptors (Lipinski definition) is 3. The van der Waals surface area contributed by atoms with Crippen LogP contribution >= 0.6 is 15.9 Å². The Balaban J connectivity index is 2.18. The van der Waals surface area contributed by atoms with Gasteiger partial charge in [0.1, 0.15) is 5.60 Å². The fourth-order valence-electron chi connectivity index (χ4n) is 3.11. The van der Waals surface area contributed by atoms with Crippen LogP contribution in [0, 0.1) is 6.92 Å². The van der Waals surface area contributed by atoms with Crippen LogP contribution in [0.2, 0.25) is 19.6 Å². The van der Waals surface area contributed by atoms with Crippen LogP contribution < -0.4 is 0 Å². The van der Waals surface area contributed by atoms with Crippen molar-refractivity contribution < 1.29 is 8.95 Å². The van der Waals surface area contributed by atoms with Crippen LogP contribution in [0.15, 0.2) is 33.3 Å². The Morgan fingerprint density at radius 2 is 2.10 bits per heavy atom. The van der Waals surface area contributed by atoms with Crippen molar-refractivity contribution >= 4 is 24.2 Å². The zero-order chi connectivity index (χ0) is 15.3. The molecule has 0 amide bonds. The number of hydrogen-bond donors (Lipinski definition) is 0. The normalized spacial score (nSPS) is 21.6. The molecule has 1 heterocycles. The molecule has 0 saturated heterocycles. The van der Waals surface area contributed by atoms with Gasteiger partial charge in [-0.25, -0.2) is 0 Å². The molecule has 0 radical (unpaired) electrons. The maximum Gasteiger partial charge on any atom is 0.185 e. The lowest BCUT2D eigenvalue weighted by Crippen LogP contribution is -2.40. The van der Waals surface area contributed by atoms with Gasteiger partial charge >= 0.3 is 0 Å². The van der Waals surface area contributed by atoms with E-state index in [1.807, 2.05) is 13.0 Å². The maximum atomic E-state index is 6.65. The Bertz CT molecular complexity index is 677. The van der Waals surface area contributed by atoms with Crippen molar-refractivity contribution in [2.45, 2.75) is 45.0 Å². The molecule has 0 fully saturated rings. The van der Waals surface area contributed by atoms with E-state index in [9.17, 15) is 0 Å². The van der Waals surface area contributed by atoms with Crippen molar-refractivity contribution in [3.8, 4) is 0 Å². The zero-order valence-electron chi connectivity index (χ0n) is 12.9. The van der Waals surface area contributed by atoms with Crippen molar-refractivity contribution in [1.29, 1.82) is 0 Å². The second-order valence-corrected chi connectivity index (χ2v) is 12.0. The van der Waals surface area contributed by atoms with Crippen LogP contribution in [0.4, 0.5) is 0 Å². The first-order valence-electron chi connectivity index (χ1n) is 7.24. The van der Waals surface area contributed by atoms with E-state index in [1.165, 1.54) is 5.56 Å². The second-order valence-electron chi connectivity index (χ2n) is 6.63. The van der Waals surface area contributed by atoms with E-state index < -0.39 is 13.9 Å². The number of aryl methyl sites for hydroxylation is 1. The summed E-state index contributed by atoms with van der Waals surface area (Å²) in [5, 5.41) is 4.16. The van der Waals surface area contributed by atoms with Gasteiger partial charge < -0.3 is 8.95 Å². The van der Waals surface area contributed by atoms with Gasteiger partial charge in [-0.3, -0.25) is 0 Å². The molecule has 5 heteroatoms. The molecule has 112 valence electrons. The molecule has 21 heavy (non-hydrogen) atoms. The van der Waals surface area contributed by atoms with Crippen molar-refractivity contribution in [3.63, 3.8) is 0 Å². The summed E-state index contributed by atoms with van der Waals surface area (Å²) in [7, 11) is -1.76. The predicted molar refractivity (Wildman–Crippen MR) is 88.9 cm³/mol. The monoisotopic (exact) mass is 365 g/mol. The second kappa shape index (κ2) is 5.07. The van der Waals surface area contributed by atoms with Crippen LogP contribution in [-0.2, 0) is 16.4 Å². The molecule has 0 saturated carbocycles. The van der Waals surface area contributed by atoms with Crippen LogP contribution in [0.25, 0.3) is 0 Å². The average molecular weight is 366 g/mol. The molecule has 1 aliphatic rings. The standard InChI is InChI=1S/C16H20BrNO2Si/c1-11-14-8-9-16(15(14)19-18-11,20-21(2,3)4)12-6-5-7-13(17)10-12/h5-7,10H,8-9H2,1-4H3. The molecule has 0 bridgehead atoms. The van der Waals surface area contributed by atoms with E-state index in [0.717, 1.165) is 34.3 Å². The van der Waals surface area contributed by atoms with Gasteiger partial charge in [0.15, 0.2) is 14.1 Å². The first-order chi connectivity index (χ1) is 9.82. The fourth-order valence-corrected chi connectivity index (χ4v) is 4.87. The lowest BCUT2D eigenvalue weighted by Gasteiger charge is -2.35. The van der Waals surface area contributed by atoms with Gasteiger partial charge in [0.25, 0.3) is 0 Å². The Morgan fingerprint density at radius 3 is 2.76 bits per heavy atom. The summed E-state index contributed by atoms with van der Waals surface area (Å²) in [6.07, 6.45) is 1.88. The SMILES string of the molecule is Cc1noc2c1CCC2(O[Si](C)(C)C)c1cccc(Br)c1. The molecular weight excluding hydrogens is 346 g/mol. The Hall–Kier alpha value is -0.913. The first-order valence-corrected chi connectivity index (χ1v) is 11.4. The van der Waals surface area contributed by atoms with Crippen LogP contribution in [-0.4, -0.2) is 13.5 Å². The molecule has 1 aromatic heterocycles. The third-order valence-electron chi connectivity index (χ3n) is 3.85. The molecule has 1 unspecified atom stereocenters. The Labute approximate surface area is 134 Å². The average Bonchev–Trinajstić information content (AvgIpc) is 2.91. The van der Waals surface area contributed by atoms with Crippen LogP contribution in [0.1, 0.15) is 29.0 Å². The van der Waals surface area contributed by atoms with E-state index in [2.05, 4.69) is 58.9 Å². The minimum atomic E-state index is -1.76.